The lowest BCUT2D eigenvalue weighted by Gasteiger charge is -2.28. The molecule has 1 fully saturated rings. The van der Waals surface area contributed by atoms with Gasteiger partial charge in [0.25, 0.3) is 5.91 Å². The zero-order valence-corrected chi connectivity index (χ0v) is 15.8. The van der Waals surface area contributed by atoms with Crippen LogP contribution in [-0.4, -0.2) is 51.0 Å². The standard InChI is InChI=1S/C22H19N3O4/c1-23-20(26)19-18-15-4-2-3-5-16(15)25(17(18)10-11-24(19)22(23)29)12-13-6-8-14(9-7-13)21(27)28/h2-9,19H,10-12H2,1H3,(H,27,28). The Labute approximate surface area is 166 Å². The number of carbonyl (C=O) groups excluding carboxylic acids is 2. The third-order valence-electron chi connectivity index (χ3n) is 5.94. The monoisotopic (exact) mass is 389 g/mol. The van der Waals surface area contributed by atoms with Gasteiger partial charge in [-0.1, -0.05) is 30.3 Å². The molecule has 2 aliphatic heterocycles. The zero-order chi connectivity index (χ0) is 20.3. The van der Waals surface area contributed by atoms with E-state index in [2.05, 4.69) is 4.57 Å². The smallest absolute Gasteiger partial charge is 0.335 e. The highest BCUT2D eigenvalue weighted by Gasteiger charge is 2.48. The number of imide groups is 1. The first kappa shape index (κ1) is 17.5. The molecule has 29 heavy (non-hydrogen) atoms. The number of carboxylic acids is 1. The lowest BCUT2D eigenvalue weighted by molar-refractivity contribution is -0.127. The number of fused-ring (bicyclic) bond motifs is 5. The van der Waals surface area contributed by atoms with Crippen LogP contribution in [0.15, 0.2) is 48.5 Å². The molecule has 0 aliphatic carbocycles. The average molecular weight is 389 g/mol. The number of aromatic nitrogens is 1. The Bertz CT molecular complexity index is 1180. The summed E-state index contributed by atoms with van der Waals surface area (Å²) in [7, 11) is 1.53. The SMILES string of the molecule is CN1C(=O)C2c3c(n(Cc4ccc(C(=O)O)cc4)c4ccccc34)CCN2C1=O. The molecule has 146 valence electrons. The maximum atomic E-state index is 12.8. The Morgan fingerprint density at radius 1 is 1.10 bits per heavy atom. The molecule has 7 heteroatoms. The number of carbonyl (C=O) groups is 3. The Morgan fingerprint density at radius 2 is 1.83 bits per heavy atom. The van der Waals surface area contributed by atoms with Gasteiger partial charge in [0.15, 0.2) is 0 Å². The van der Waals surface area contributed by atoms with Gasteiger partial charge in [0.1, 0.15) is 6.04 Å². The number of hydrogen-bond donors (Lipinski definition) is 1. The van der Waals surface area contributed by atoms with E-state index in [0.29, 0.717) is 19.5 Å². The van der Waals surface area contributed by atoms with E-state index < -0.39 is 12.0 Å². The van der Waals surface area contributed by atoms with Crippen molar-refractivity contribution < 1.29 is 19.5 Å². The summed E-state index contributed by atoms with van der Waals surface area (Å²) in [6.45, 7) is 1.07. The molecule has 7 nitrogen and oxygen atoms in total. The molecule has 0 radical (unpaired) electrons. The molecule has 3 aromatic rings. The van der Waals surface area contributed by atoms with E-state index in [4.69, 9.17) is 5.11 Å². The van der Waals surface area contributed by atoms with E-state index >= 15 is 0 Å². The summed E-state index contributed by atoms with van der Waals surface area (Å²) >= 11 is 0. The number of urea groups is 1. The maximum absolute atomic E-state index is 12.8. The molecule has 1 N–H and O–H groups in total. The molecule has 5 rings (SSSR count). The fourth-order valence-electron chi connectivity index (χ4n) is 4.52. The van der Waals surface area contributed by atoms with Gasteiger partial charge < -0.3 is 14.6 Å². The minimum absolute atomic E-state index is 0.190. The number of benzene rings is 2. The van der Waals surface area contributed by atoms with Crippen molar-refractivity contribution in [1.82, 2.24) is 14.4 Å². The second-order valence-electron chi connectivity index (χ2n) is 7.49. The number of nitrogens with zero attached hydrogens (tertiary/aromatic N) is 3. The number of carboxylic acid groups (broad SMARTS) is 1. The third kappa shape index (κ3) is 2.47. The van der Waals surface area contributed by atoms with Crippen LogP contribution in [0.3, 0.4) is 0 Å². The van der Waals surface area contributed by atoms with Crippen LogP contribution in [0.2, 0.25) is 0 Å². The number of amides is 3. The van der Waals surface area contributed by atoms with E-state index in [1.807, 2.05) is 36.4 Å². The van der Waals surface area contributed by atoms with Crippen molar-refractivity contribution in [2.24, 2.45) is 0 Å². The van der Waals surface area contributed by atoms with Gasteiger partial charge in [-0.3, -0.25) is 9.69 Å². The van der Waals surface area contributed by atoms with E-state index in [9.17, 15) is 14.4 Å². The van der Waals surface area contributed by atoms with Gasteiger partial charge in [0.05, 0.1) is 5.56 Å². The van der Waals surface area contributed by atoms with Crippen molar-refractivity contribution in [3.05, 3.63) is 70.9 Å². The molecule has 3 amide bonds. The highest BCUT2D eigenvalue weighted by atomic mass is 16.4. The van der Waals surface area contributed by atoms with E-state index in [1.165, 1.54) is 11.9 Å². The van der Waals surface area contributed by atoms with Gasteiger partial charge in [0, 0.05) is 48.7 Å². The normalized spacial score (nSPS) is 18.3. The third-order valence-corrected chi connectivity index (χ3v) is 5.94. The molecule has 1 aromatic heterocycles. The Balaban J connectivity index is 1.64. The predicted octanol–water partition coefficient (Wildman–Crippen LogP) is 2.88. The van der Waals surface area contributed by atoms with Gasteiger partial charge in [-0.15, -0.1) is 0 Å². The molecule has 3 heterocycles. The average Bonchev–Trinajstić information content (AvgIpc) is 3.16. The highest BCUT2D eigenvalue weighted by molar-refractivity contribution is 6.07. The highest BCUT2D eigenvalue weighted by Crippen LogP contribution is 2.42. The molecule has 0 spiro atoms. The van der Waals surface area contributed by atoms with Crippen LogP contribution in [0, 0.1) is 0 Å². The van der Waals surface area contributed by atoms with Crippen molar-refractivity contribution in [2.45, 2.75) is 19.0 Å². The Morgan fingerprint density at radius 3 is 2.55 bits per heavy atom. The number of aromatic carboxylic acids is 1. The van der Waals surface area contributed by atoms with Gasteiger partial charge in [0.2, 0.25) is 0 Å². The minimum Gasteiger partial charge on any atom is -0.478 e. The summed E-state index contributed by atoms with van der Waals surface area (Å²) in [5.74, 6) is -1.14. The summed E-state index contributed by atoms with van der Waals surface area (Å²) < 4.78 is 2.19. The molecule has 0 saturated carbocycles. The summed E-state index contributed by atoms with van der Waals surface area (Å²) in [6, 6.07) is 13.9. The first-order valence-electron chi connectivity index (χ1n) is 9.48. The topological polar surface area (TPSA) is 82.8 Å². The van der Waals surface area contributed by atoms with E-state index in [1.54, 1.807) is 17.0 Å². The maximum Gasteiger partial charge on any atom is 0.335 e. The largest absolute Gasteiger partial charge is 0.478 e. The van der Waals surface area contributed by atoms with Crippen molar-refractivity contribution >= 4 is 28.8 Å². The van der Waals surface area contributed by atoms with Crippen molar-refractivity contribution in [3.63, 3.8) is 0 Å². The molecular weight excluding hydrogens is 370 g/mol. The van der Waals surface area contributed by atoms with E-state index in [-0.39, 0.29) is 17.5 Å². The first-order valence-corrected chi connectivity index (χ1v) is 9.48. The molecular formula is C22H19N3O4. The van der Waals surface area contributed by atoms with Crippen LogP contribution in [-0.2, 0) is 17.8 Å². The summed E-state index contributed by atoms with van der Waals surface area (Å²) in [4.78, 5) is 39.3. The molecule has 0 bridgehead atoms. The van der Waals surface area contributed by atoms with Crippen LogP contribution < -0.4 is 0 Å². The Kier molecular flexibility index (Phi) is 3.74. The molecule has 2 aromatic carbocycles. The fraction of sp³-hybridized carbons (Fsp3) is 0.227. The van der Waals surface area contributed by atoms with Gasteiger partial charge >= 0.3 is 12.0 Å². The summed E-state index contributed by atoms with van der Waals surface area (Å²) in [5, 5.41) is 10.1. The summed E-state index contributed by atoms with van der Waals surface area (Å²) in [5.41, 5.74) is 4.22. The second-order valence-corrected chi connectivity index (χ2v) is 7.49. The van der Waals surface area contributed by atoms with Gasteiger partial charge in [-0.05, 0) is 23.8 Å². The van der Waals surface area contributed by atoms with Gasteiger partial charge in [-0.2, -0.15) is 0 Å². The fourth-order valence-corrected chi connectivity index (χ4v) is 4.52. The van der Waals surface area contributed by atoms with Crippen LogP contribution in [0.5, 0.6) is 0 Å². The number of rotatable bonds is 3. The van der Waals surface area contributed by atoms with Crippen LogP contribution in [0.25, 0.3) is 10.9 Å². The molecule has 1 atom stereocenters. The number of para-hydroxylation sites is 1. The minimum atomic E-state index is -0.950. The first-order chi connectivity index (χ1) is 14.0. The molecule has 2 aliphatic rings. The van der Waals surface area contributed by atoms with Crippen LogP contribution >= 0.6 is 0 Å². The van der Waals surface area contributed by atoms with Gasteiger partial charge in [-0.25, -0.2) is 9.59 Å². The Hall–Kier alpha value is -3.61. The predicted molar refractivity (Wildman–Crippen MR) is 106 cm³/mol. The van der Waals surface area contributed by atoms with Crippen molar-refractivity contribution in [3.8, 4) is 0 Å². The van der Waals surface area contributed by atoms with Crippen molar-refractivity contribution in [2.75, 3.05) is 13.6 Å². The molecule has 1 saturated heterocycles. The number of hydrogen-bond acceptors (Lipinski definition) is 3. The van der Waals surface area contributed by atoms with E-state index in [0.717, 1.165) is 27.7 Å². The molecule has 1 unspecified atom stereocenters. The lowest BCUT2D eigenvalue weighted by atomic mass is 9.96. The van der Waals surface area contributed by atoms with Crippen LogP contribution in [0.1, 0.15) is 33.2 Å². The lowest BCUT2D eigenvalue weighted by Crippen LogP contribution is -2.36. The van der Waals surface area contributed by atoms with Crippen molar-refractivity contribution in [1.29, 1.82) is 0 Å². The number of likely N-dealkylation sites (N-methyl/N-ethyl adjacent to an activating group) is 1. The summed E-state index contributed by atoms with van der Waals surface area (Å²) in [6.07, 6.45) is 0.667. The zero-order valence-electron chi connectivity index (χ0n) is 15.8. The second kappa shape index (κ2) is 6.20. The quantitative estimate of drug-likeness (QED) is 0.699. The van der Waals surface area contributed by atoms with Crippen LogP contribution in [0.4, 0.5) is 4.79 Å².